The van der Waals surface area contributed by atoms with E-state index in [1.807, 2.05) is 54.6 Å². The fourth-order valence-corrected chi connectivity index (χ4v) is 4.70. The Morgan fingerprint density at radius 1 is 0.970 bits per heavy atom. The van der Waals surface area contributed by atoms with Crippen LogP contribution in [-0.2, 0) is 16.0 Å². The first kappa shape index (κ1) is 23.4. The molecule has 1 aliphatic heterocycles. The number of halogens is 2. The van der Waals surface area contributed by atoms with Gasteiger partial charge >= 0.3 is 0 Å². The highest BCUT2D eigenvalue weighted by Crippen LogP contribution is 2.30. The third-order valence-corrected chi connectivity index (χ3v) is 6.75. The van der Waals surface area contributed by atoms with Gasteiger partial charge in [-0.3, -0.25) is 14.5 Å². The summed E-state index contributed by atoms with van der Waals surface area (Å²) < 4.78 is 0. The molecule has 3 aromatic rings. The van der Waals surface area contributed by atoms with Gasteiger partial charge < -0.3 is 5.32 Å². The highest BCUT2D eigenvalue weighted by molar-refractivity contribution is 8.15. The number of anilines is 1. The predicted octanol–water partition coefficient (Wildman–Crippen LogP) is 6.20. The summed E-state index contributed by atoms with van der Waals surface area (Å²) in [6.07, 6.45) is 0.747. The predicted molar refractivity (Wildman–Crippen MR) is 136 cm³/mol. The van der Waals surface area contributed by atoms with E-state index in [-0.39, 0.29) is 18.2 Å². The zero-order valence-corrected chi connectivity index (χ0v) is 19.9. The number of benzene rings is 3. The molecule has 1 atom stereocenters. The first-order valence-corrected chi connectivity index (χ1v) is 12.0. The molecule has 1 fully saturated rings. The molecule has 0 saturated carbocycles. The molecule has 5 nitrogen and oxygen atoms in total. The molecule has 1 saturated heterocycles. The highest BCUT2D eigenvalue weighted by Gasteiger charge is 2.35. The van der Waals surface area contributed by atoms with Gasteiger partial charge in [-0.1, -0.05) is 65.3 Å². The van der Waals surface area contributed by atoms with Crippen molar-refractivity contribution in [1.82, 2.24) is 4.90 Å². The Bertz CT molecular complexity index is 1150. The normalized spacial score (nSPS) is 17.3. The Kier molecular flexibility index (Phi) is 7.70. The number of rotatable bonds is 6. The van der Waals surface area contributed by atoms with Crippen molar-refractivity contribution in [2.75, 3.05) is 11.9 Å². The topological polar surface area (TPSA) is 61.8 Å². The van der Waals surface area contributed by atoms with Crippen LogP contribution in [0, 0.1) is 0 Å². The van der Waals surface area contributed by atoms with Crippen LogP contribution in [0.5, 0.6) is 0 Å². The number of carbonyl (C=O) groups excluding carboxylic acids is 2. The van der Waals surface area contributed by atoms with Crippen molar-refractivity contribution in [3.05, 3.63) is 94.5 Å². The van der Waals surface area contributed by atoms with Crippen molar-refractivity contribution < 1.29 is 9.59 Å². The molecule has 4 rings (SSSR count). The van der Waals surface area contributed by atoms with Crippen molar-refractivity contribution in [3.63, 3.8) is 0 Å². The second kappa shape index (κ2) is 10.9. The Morgan fingerprint density at radius 2 is 1.61 bits per heavy atom. The van der Waals surface area contributed by atoms with Gasteiger partial charge in [0.15, 0.2) is 5.17 Å². The van der Waals surface area contributed by atoms with Gasteiger partial charge in [0.1, 0.15) is 5.25 Å². The highest BCUT2D eigenvalue weighted by atomic mass is 35.5. The number of amides is 2. The molecule has 2 amide bonds. The van der Waals surface area contributed by atoms with E-state index in [1.165, 1.54) is 11.8 Å². The summed E-state index contributed by atoms with van der Waals surface area (Å²) >= 11 is 13.2. The van der Waals surface area contributed by atoms with Crippen molar-refractivity contribution in [2.45, 2.75) is 18.1 Å². The summed E-state index contributed by atoms with van der Waals surface area (Å²) in [5, 5.41) is 4.06. The fourth-order valence-electron chi connectivity index (χ4n) is 3.32. The van der Waals surface area contributed by atoms with E-state index < -0.39 is 5.25 Å². The average molecular weight is 498 g/mol. The van der Waals surface area contributed by atoms with Crippen LogP contribution in [0.15, 0.2) is 83.9 Å². The molecule has 1 N–H and O–H groups in total. The second-order valence-electron chi connectivity index (χ2n) is 7.46. The summed E-state index contributed by atoms with van der Waals surface area (Å²) in [5.74, 6) is -0.373. The van der Waals surface area contributed by atoms with Gasteiger partial charge in [0.2, 0.25) is 11.8 Å². The summed E-state index contributed by atoms with van der Waals surface area (Å²) in [7, 11) is 0. The smallest absolute Gasteiger partial charge is 0.238 e. The second-order valence-corrected chi connectivity index (χ2v) is 9.50. The zero-order valence-electron chi connectivity index (χ0n) is 17.6. The lowest BCUT2D eigenvalue weighted by Gasteiger charge is -2.32. The first-order chi connectivity index (χ1) is 16.0. The number of aliphatic imine (C=N–C) groups is 1. The van der Waals surface area contributed by atoms with Crippen molar-refractivity contribution in [1.29, 1.82) is 0 Å². The first-order valence-electron chi connectivity index (χ1n) is 10.4. The SMILES string of the molecule is O=C(Nc1ccc(Cl)cc1)C1CC(=O)N(CCc2ccc(Cl)cc2)C(=Nc2ccccc2)S1. The Balaban J connectivity index is 1.52. The molecular formula is C25H21Cl2N3O2S. The third-order valence-electron chi connectivity index (χ3n) is 5.06. The largest absolute Gasteiger partial charge is 0.325 e. The quantitative estimate of drug-likeness (QED) is 0.441. The number of hydrogen-bond acceptors (Lipinski definition) is 4. The Labute approximate surface area is 206 Å². The molecular weight excluding hydrogens is 477 g/mol. The Morgan fingerprint density at radius 3 is 2.27 bits per heavy atom. The maximum atomic E-state index is 13.1. The molecule has 0 radical (unpaired) electrons. The van der Waals surface area contributed by atoms with E-state index in [2.05, 4.69) is 5.32 Å². The number of nitrogens with one attached hydrogen (secondary N) is 1. The van der Waals surface area contributed by atoms with Gasteiger partial charge in [-0.25, -0.2) is 4.99 Å². The third kappa shape index (κ3) is 6.38. The van der Waals surface area contributed by atoms with Crippen LogP contribution in [0.25, 0.3) is 0 Å². The molecule has 33 heavy (non-hydrogen) atoms. The molecule has 1 unspecified atom stereocenters. The summed E-state index contributed by atoms with van der Waals surface area (Å²) in [4.78, 5) is 32.4. The molecule has 0 spiro atoms. The van der Waals surface area contributed by atoms with Gasteiger partial charge in [-0.15, -0.1) is 0 Å². The van der Waals surface area contributed by atoms with Crippen LogP contribution in [0.3, 0.4) is 0 Å². The van der Waals surface area contributed by atoms with E-state index in [4.69, 9.17) is 28.2 Å². The maximum Gasteiger partial charge on any atom is 0.238 e. The number of hydrogen-bond donors (Lipinski definition) is 1. The van der Waals surface area contributed by atoms with Crippen molar-refractivity contribution >= 4 is 63.3 Å². The molecule has 0 aliphatic carbocycles. The van der Waals surface area contributed by atoms with E-state index in [1.54, 1.807) is 29.2 Å². The van der Waals surface area contributed by atoms with Crippen LogP contribution >= 0.6 is 35.0 Å². The fraction of sp³-hybridized carbons (Fsp3) is 0.160. The molecule has 0 aromatic heterocycles. The van der Waals surface area contributed by atoms with Gasteiger partial charge in [-0.2, -0.15) is 0 Å². The number of amidine groups is 1. The van der Waals surface area contributed by atoms with Gasteiger partial charge in [-0.05, 0) is 60.5 Å². The molecule has 1 aliphatic rings. The minimum Gasteiger partial charge on any atom is -0.325 e. The zero-order chi connectivity index (χ0) is 23.2. The Hall–Kier alpha value is -2.80. The molecule has 0 bridgehead atoms. The van der Waals surface area contributed by atoms with Gasteiger partial charge in [0, 0.05) is 28.7 Å². The minimum atomic E-state index is -0.581. The van der Waals surface area contributed by atoms with Crippen LogP contribution < -0.4 is 5.32 Å². The van der Waals surface area contributed by atoms with E-state index in [0.717, 1.165) is 11.3 Å². The van der Waals surface area contributed by atoms with Crippen molar-refractivity contribution in [3.8, 4) is 0 Å². The molecule has 1 heterocycles. The molecule has 168 valence electrons. The van der Waals surface area contributed by atoms with E-state index in [9.17, 15) is 9.59 Å². The lowest BCUT2D eigenvalue weighted by molar-refractivity contribution is -0.129. The molecule has 8 heteroatoms. The van der Waals surface area contributed by atoms with E-state index in [0.29, 0.717) is 33.9 Å². The standard InChI is InChI=1S/C25H21Cl2N3O2S/c26-18-8-6-17(7-9-18)14-15-30-23(31)16-22(24(32)28-21-12-10-19(27)11-13-21)33-25(30)29-20-4-2-1-3-5-20/h1-13,22H,14-16H2,(H,28,32). The monoisotopic (exact) mass is 497 g/mol. The summed E-state index contributed by atoms with van der Waals surface area (Å²) in [6, 6.07) is 23.8. The lowest BCUT2D eigenvalue weighted by Crippen LogP contribution is -2.46. The van der Waals surface area contributed by atoms with Gasteiger partial charge in [0.05, 0.1) is 5.69 Å². The minimum absolute atomic E-state index is 0.0958. The summed E-state index contributed by atoms with van der Waals surface area (Å²) in [5.41, 5.74) is 2.42. The van der Waals surface area contributed by atoms with Crippen LogP contribution in [0.4, 0.5) is 11.4 Å². The summed E-state index contributed by atoms with van der Waals surface area (Å²) in [6.45, 7) is 0.463. The van der Waals surface area contributed by atoms with E-state index >= 15 is 0 Å². The number of nitrogens with zero attached hydrogens (tertiary/aromatic N) is 2. The number of carbonyl (C=O) groups is 2. The van der Waals surface area contributed by atoms with Gasteiger partial charge in [0.25, 0.3) is 0 Å². The molecule has 3 aromatic carbocycles. The van der Waals surface area contributed by atoms with Crippen LogP contribution in [0.1, 0.15) is 12.0 Å². The average Bonchev–Trinajstić information content (AvgIpc) is 2.81. The van der Waals surface area contributed by atoms with Crippen molar-refractivity contribution in [2.24, 2.45) is 4.99 Å². The van der Waals surface area contributed by atoms with Crippen LogP contribution in [-0.4, -0.2) is 33.7 Å². The van der Waals surface area contributed by atoms with Crippen LogP contribution in [0.2, 0.25) is 10.0 Å². The lowest BCUT2D eigenvalue weighted by atomic mass is 10.1. The number of para-hydroxylation sites is 1. The number of thioether (sulfide) groups is 1. The maximum absolute atomic E-state index is 13.1.